The zero-order chi connectivity index (χ0) is 10.3. The number of fused-ring (bicyclic) bond motifs is 1. The van der Waals surface area contributed by atoms with E-state index in [4.69, 9.17) is 0 Å². The highest BCUT2D eigenvalue weighted by atomic mass is 32.1. The molecule has 1 N–H and O–H groups in total. The SMILES string of the molecule is OC1CCCc2c1ccn2-c1cnns1. The van der Waals surface area contributed by atoms with E-state index < -0.39 is 0 Å². The lowest BCUT2D eigenvalue weighted by Gasteiger charge is -2.19. The van der Waals surface area contributed by atoms with Gasteiger partial charge in [0.25, 0.3) is 0 Å². The van der Waals surface area contributed by atoms with E-state index >= 15 is 0 Å². The van der Waals surface area contributed by atoms with Crippen molar-refractivity contribution in [1.29, 1.82) is 0 Å². The Morgan fingerprint density at radius 3 is 3.27 bits per heavy atom. The van der Waals surface area contributed by atoms with E-state index in [0.717, 1.165) is 29.8 Å². The second-order valence-electron chi connectivity index (χ2n) is 3.75. The zero-order valence-corrected chi connectivity index (χ0v) is 8.94. The zero-order valence-electron chi connectivity index (χ0n) is 8.13. The predicted molar refractivity (Wildman–Crippen MR) is 57.1 cm³/mol. The van der Waals surface area contributed by atoms with Crippen molar-refractivity contribution >= 4 is 11.5 Å². The van der Waals surface area contributed by atoms with Gasteiger partial charge in [-0.05, 0) is 25.3 Å². The van der Waals surface area contributed by atoms with Crippen LogP contribution in [0.4, 0.5) is 0 Å². The molecule has 0 saturated carbocycles. The van der Waals surface area contributed by atoms with Crippen molar-refractivity contribution < 1.29 is 5.11 Å². The van der Waals surface area contributed by atoms with Gasteiger partial charge in [0.2, 0.25) is 0 Å². The van der Waals surface area contributed by atoms with E-state index in [1.165, 1.54) is 17.2 Å². The molecule has 2 aromatic heterocycles. The summed E-state index contributed by atoms with van der Waals surface area (Å²) in [5, 5.41) is 14.7. The lowest BCUT2D eigenvalue weighted by Crippen LogP contribution is -2.10. The minimum absolute atomic E-state index is 0.295. The highest BCUT2D eigenvalue weighted by Gasteiger charge is 2.21. The first-order valence-corrected chi connectivity index (χ1v) is 5.79. The Morgan fingerprint density at radius 1 is 1.53 bits per heavy atom. The summed E-state index contributed by atoms with van der Waals surface area (Å²) in [6.07, 6.45) is 6.40. The highest BCUT2D eigenvalue weighted by molar-refractivity contribution is 7.08. The predicted octanol–water partition coefficient (Wildman–Crippen LogP) is 1.70. The fraction of sp³-hybridized carbons (Fsp3) is 0.400. The van der Waals surface area contributed by atoms with Crippen LogP contribution in [0.3, 0.4) is 0 Å². The minimum atomic E-state index is -0.295. The Labute approximate surface area is 91.3 Å². The summed E-state index contributed by atoms with van der Waals surface area (Å²) in [6, 6.07) is 2.00. The molecule has 1 atom stereocenters. The number of aromatic nitrogens is 3. The normalized spacial score (nSPS) is 20.2. The maximum Gasteiger partial charge on any atom is 0.140 e. The lowest BCUT2D eigenvalue weighted by atomic mass is 9.95. The summed E-state index contributed by atoms with van der Waals surface area (Å²) < 4.78 is 5.94. The van der Waals surface area contributed by atoms with E-state index in [-0.39, 0.29) is 6.10 Å². The molecule has 1 unspecified atom stereocenters. The molecule has 0 bridgehead atoms. The molecule has 15 heavy (non-hydrogen) atoms. The lowest BCUT2D eigenvalue weighted by molar-refractivity contribution is 0.156. The molecule has 1 aliphatic carbocycles. The third-order valence-electron chi connectivity index (χ3n) is 2.86. The third-order valence-corrected chi connectivity index (χ3v) is 3.53. The first-order valence-electron chi connectivity index (χ1n) is 5.02. The number of nitrogens with zero attached hydrogens (tertiary/aromatic N) is 3. The van der Waals surface area contributed by atoms with Crippen LogP contribution in [0.1, 0.15) is 30.2 Å². The monoisotopic (exact) mass is 221 g/mol. The summed E-state index contributed by atoms with van der Waals surface area (Å²) in [7, 11) is 0. The van der Waals surface area contributed by atoms with Crippen LogP contribution in [0, 0.1) is 0 Å². The van der Waals surface area contributed by atoms with Gasteiger partial charge in [0.05, 0.1) is 12.3 Å². The summed E-state index contributed by atoms with van der Waals surface area (Å²) in [5.74, 6) is 0. The fourth-order valence-electron chi connectivity index (χ4n) is 2.14. The Balaban J connectivity index is 2.11. The largest absolute Gasteiger partial charge is 0.388 e. The number of rotatable bonds is 1. The standard InChI is InChI=1S/C10H11N3OS/c14-9-3-1-2-8-7(9)4-5-13(8)10-6-11-12-15-10/h4-6,9,14H,1-3H2. The summed E-state index contributed by atoms with van der Waals surface area (Å²) in [5.41, 5.74) is 2.27. The van der Waals surface area contributed by atoms with Crippen LogP contribution in [0.2, 0.25) is 0 Å². The van der Waals surface area contributed by atoms with Crippen LogP contribution >= 0.6 is 11.5 Å². The molecule has 4 nitrogen and oxygen atoms in total. The molecule has 0 spiro atoms. The van der Waals surface area contributed by atoms with Crippen molar-refractivity contribution in [3.05, 3.63) is 29.7 Å². The van der Waals surface area contributed by atoms with Crippen LogP contribution in [-0.4, -0.2) is 19.3 Å². The van der Waals surface area contributed by atoms with Gasteiger partial charge in [-0.3, -0.25) is 0 Å². The van der Waals surface area contributed by atoms with Gasteiger partial charge in [-0.1, -0.05) is 4.49 Å². The van der Waals surface area contributed by atoms with Crippen LogP contribution in [0.15, 0.2) is 18.5 Å². The number of aliphatic hydroxyl groups is 1. The first kappa shape index (κ1) is 9.06. The average Bonchev–Trinajstić information content (AvgIpc) is 2.85. The minimum Gasteiger partial charge on any atom is -0.388 e. The highest BCUT2D eigenvalue weighted by Crippen LogP contribution is 2.32. The number of aliphatic hydroxyl groups excluding tert-OH is 1. The summed E-state index contributed by atoms with van der Waals surface area (Å²) in [4.78, 5) is 0. The van der Waals surface area contributed by atoms with E-state index in [9.17, 15) is 5.11 Å². The van der Waals surface area contributed by atoms with Gasteiger partial charge in [0.1, 0.15) is 5.00 Å². The van der Waals surface area contributed by atoms with Crippen LogP contribution in [-0.2, 0) is 6.42 Å². The second-order valence-corrected chi connectivity index (χ2v) is 4.52. The van der Waals surface area contributed by atoms with Crippen LogP contribution in [0.5, 0.6) is 0 Å². The van der Waals surface area contributed by atoms with Gasteiger partial charge in [-0.2, -0.15) is 0 Å². The van der Waals surface area contributed by atoms with Gasteiger partial charge in [-0.15, -0.1) is 5.10 Å². The first-order chi connectivity index (χ1) is 7.36. The van der Waals surface area contributed by atoms with E-state index in [1.807, 2.05) is 12.3 Å². The molecular formula is C10H11N3OS. The Morgan fingerprint density at radius 2 is 2.47 bits per heavy atom. The van der Waals surface area contributed by atoms with Gasteiger partial charge in [-0.25, -0.2) is 0 Å². The molecule has 5 heteroatoms. The Kier molecular flexibility index (Phi) is 2.07. The molecule has 2 heterocycles. The maximum absolute atomic E-state index is 9.83. The number of hydrogen-bond donors (Lipinski definition) is 1. The van der Waals surface area contributed by atoms with Gasteiger partial charge in [0.15, 0.2) is 0 Å². The molecular weight excluding hydrogens is 210 g/mol. The van der Waals surface area contributed by atoms with Crippen molar-refractivity contribution in [2.75, 3.05) is 0 Å². The van der Waals surface area contributed by atoms with Gasteiger partial charge in [0, 0.05) is 29.0 Å². The number of hydrogen-bond acceptors (Lipinski definition) is 4. The molecule has 0 aromatic carbocycles. The van der Waals surface area contributed by atoms with E-state index in [1.54, 1.807) is 6.20 Å². The molecule has 0 radical (unpaired) electrons. The molecule has 1 aliphatic rings. The molecule has 78 valence electrons. The molecule has 0 fully saturated rings. The molecule has 3 rings (SSSR count). The van der Waals surface area contributed by atoms with Crippen LogP contribution in [0.25, 0.3) is 5.00 Å². The summed E-state index contributed by atoms with van der Waals surface area (Å²) >= 11 is 1.37. The van der Waals surface area contributed by atoms with Crippen molar-refractivity contribution in [2.24, 2.45) is 0 Å². The Hall–Kier alpha value is -1.20. The van der Waals surface area contributed by atoms with Gasteiger partial charge >= 0.3 is 0 Å². The van der Waals surface area contributed by atoms with E-state index in [2.05, 4.69) is 14.2 Å². The molecule has 2 aromatic rings. The quantitative estimate of drug-likeness (QED) is 0.797. The van der Waals surface area contributed by atoms with Crippen molar-refractivity contribution in [3.8, 4) is 5.00 Å². The molecule has 0 saturated heterocycles. The van der Waals surface area contributed by atoms with Crippen molar-refractivity contribution in [1.82, 2.24) is 14.2 Å². The average molecular weight is 221 g/mol. The second kappa shape index (κ2) is 3.43. The topological polar surface area (TPSA) is 50.9 Å². The molecule has 0 aliphatic heterocycles. The fourth-order valence-corrected chi connectivity index (χ4v) is 2.67. The summed E-state index contributed by atoms with van der Waals surface area (Å²) in [6.45, 7) is 0. The van der Waals surface area contributed by atoms with Crippen molar-refractivity contribution in [2.45, 2.75) is 25.4 Å². The molecule has 0 amide bonds. The van der Waals surface area contributed by atoms with Crippen molar-refractivity contribution in [3.63, 3.8) is 0 Å². The van der Waals surface area contributed by atoms with Gasteiger partial charge < -0.3 is 9.67 Å². The smallest absolute Gasteiger partial charge is 0.140 e. The van der Waals surface area contributed by atoms with Crippen LogP contribution < -0.4 is 0 Å². The third kappa shape index (κ3) is 1.39. The Bertz CT molecular complexity index is 463. The van der Waals surface area contributed by atoms with E-state index in [0.29, 0.717) is 0 Å². The maximum atomic E-state index is 9.83.